The Hall–Kier alpha value is -1.69. The Labute approximate surface area is 109 Å². The summed E-state index contributed by atoms with van der Waals surface area (Å²) in [5.74, 6) is 0. The van der Waals surface area contributed by atoms with Crippen LogP contribution in [0, 0.1) is 11.3 Å². The van der Waals surface area contributed by atoms with Crippen LogP contribution in [0.1, 0.15) is 50.5 Å². The fraction of sp³-hybridized carbons (Fsp3) is 0.533. The molecule has 2 rings (SSSR count). The summed E-state index contributed by atoms with van der Waals surface area (Å²) < 4.78 is 0. The van der Waals surface area contributed by atoms with E-state index in [9.17, 15) is 0 Å². The van der Waals surface area contributed by atoms with Gasteiger partial charge in [-0.2, -0.15) is 5.26 Å². The molecule has 0 aromatic heterocycles. The molecule has 96 valence electrons. The van der Waals surface area contributed by atoms with Crippen molar-refractivity contribution in [3.8, 4) is 6.07 Å². The van der Waals surface area contributed by atoms with E-state index in [1.54, 1.807) is 6.07 Å². The van der Waals surface area contributed by atoms with Gasteiger partial charge >= 0.3 is 0 Å². The number of nitrogen functional groups attached to an aromatic ring is 1. The maximum absolute atomic E-state index is 9.13. The number of hydrogen-bond donors (Lipinski definition) is 2. The van der Waals surface area contributed by atoms with E-state index in [-0.39, 0.29) is 0 Å². The van der Waals surface area contributed by atoms with Gasteiger partial charge in [0.05, 0.1) is 11.3 Å². The average molecular weight is 243 g/mol. The van der Waals surface area contributed by atoms with E-state index >= 15 is 0 Å². The zero-order valence-electron chi connectivity index (χ0n) is 10.8. The normalized spacial score (nSPS) is 17.5. The van der Waals surface area contributed by atoms with Crippen LogP contribution in [-0.4, -0.2) is 6.04 Å². The van der Waals surface area contributed by atoms with Gasteiger partial charge in [-0.1, -0.05) is 32.1 Å². The minimum absolute atomic E-state index is 0.501. The van der Waals surface area contributed by atoms with Crippen LogP contribution in [0.15, 0.2) is 18.2 Å². The van der Waals surface area contributed by atoms with Crippen LogP contribution in [0.2, 0.25) is 0 Å². The summed E-state index contributed by atoms with van der Waals surface area (Å²) in [7, 11) is 0. The molecule has 18 heavy (non-hydrogen) atoms. The first-order valence-electron chi connectivity index (χ1n) is 6.86. The Morgan fingerprint density at radius 1 is 1.11 bits per heavy atom. The molecular formula is C15H21N3. The predicted molar refractivity (Wildman–Crippen MR) is 75.3 cm³/mol. The third kappa shape index (κ3) is 3.40. The molecule has 0 aliphatic heterocycles. The topological polar surface area (TPSA) is 61.8 Å². The van der Waals surface area contributed by atoms with E-state index in [1.807, 2.05) is 12.1 Å². The summed E-state index contributed by atoms with van der Waals surface area (Å²) in [6, 6.07) is 8.23. The number of nitrogens with two attached hydrogens (primary N) is 1. The van der Waals surface area contributed by atoms with Gasteiger partial charge in [-0.15, -0.1) is 0 Å². The number of nitrogens with zero attached hydrogens (tertiary/aromatic N) is 1. The molecule has 1 aromatic rings. The highest BCUT2D eigenvalue weighted by Crippen LogP contribution is 2.24. The molecular weight excluding hydrogens is 222 g/mol. The fourth-order valence-electron chi connectivity index (χ4n) is 2.60. The highest BCUT2D eigenvalue weighted by Gasteiger charge is 2.12. The molecule has 1 saturated carbocycles. The van der Waals surface area contributed by atoms with Gasteiger partial charge in [0.15, 0.2) is 0 Å². The van der Waals surface area contributed by atoms with Crippen molar-refractivity contribution in [1.29, 1.82) is 5.26 Å². The number of rotatable bonds is 2. The second-order valence-electron chi connectivity index (χ2n) is 5.10. The molecule has 0 bridgehead atoms. The molecule has 0 atom stereocenters. The number of hydrogen-bond acceptors (Lipinski definition) is 3. The van der Waals surface area contributed by atoms with E-state index in [2.05, 4.69) is 11.4 Å². The van der Waals surface area contributed by atoms with Gasteiger partial charge in [0.2, 0.25) is 0 Å². The number of benzene rings is 1. The highest BCUT2D eigenvalue weighted by molar-refractivity contribution is 5.63. The third-order valence-corrected chi connectivity index (χ3v) is 3.63. The van der Waals surface area contributed by atoms with Crippen molar-refractivity contribution in [1.82, 2.24) is 0 Å². The van der Waals surface area contributed by atoms with Gasteiger partial charge in [-0.05, 0) is 31.0 Å². The zero-order chi connectivity index (χ0) is 12.8. The van der Waals surface area contributed by atoms with Crippen molar-refractivity contribution in [2.45, 2.75) is 51.0 Å². The summed E-state index contributed by atoms with van der Waals surface area (Å²) in [6.07, 6.45) is 9.03. The van der Waals surface area contributed by atoms with Crippen LogP contribution in [0.5, 0.6) is 0 Å². The molecule has 1 aromatic carbocycles. The van der Waals surface area contributed by atoms with Crippen molar-refractivity contribution < 1.29 is 0 Å². The molecule has 0 spiro atoms. The molecule has 3 nitrogen and oxygen atoms in total. The summed E-state index contributed by atoms with van der Waals surface area (Å²) in [6.45, 7) is 0. The molecule has 1 fully saturated rings. The van der Waals surface area contributed by atoms with Gasteiger partial charge in [0.1, 0.15) is 6.07 Å². The predicted octanol–water partition coefficient (Wildman–Crippen LogP) is 3.67. The van der Waals surface area contributed by atoms with E-state index in [4.69, 9.17) is 11.0 Å². The molecule has 1 aliphatic rings. The molecule has 0 unspecified atom stereocenters. The lowest BCUT2D eigenvalue weighted by atomic mass is 9.96. The first-order valence-corrected chi connectivity index (χ1v) is 6.86. The molecule has 0 radical (unpaired) electrons. The largest absolute Gasteiger partial charge is 0.399 e. The van der Waals surface area contributed by atoms with Crippen molar-refractivity contribution in [2.24, 2.45) is 0 Å². The Kier molecular flexibility index (Phi) is 4.46. The average Bonchev–Trinajstić information content (AvgIpc) is 2.34. The summed E-state index contributed by atoms with van der Waals surface area (Å²) in [4.78, 5) is 0. The second-order valence-corrected chi connectivity index (χ2v) is 5.10. The van der Waals surface area contributed by atoms with E-state index < -0.39 is 0 Å². The molecule has 0 saturated heterocycles. The highest BCUT2D eigenvalue weighted by atomic mass is 14.9. The summed E-state index contributed by atoms with van der Waals surface area (Å²) >= 11 is 0. The molecule has 1 aliphatic carbocycles. The lowest BCUT2D eigenvalue weighted by Crippen LogP contribution is -2.21. The van der Waals surface area contributed by atoms with E-state index in [1.165, 1.54) is 44.9 Å². The second kappa shape index (κ2) is 6.30. The molecule has 0 amide bonds. The maximum Gasteiger partial charge on any atom is 0.101 e. The third-order valence-electron chi connectivity index (χ3n) is 3.63. The fourth-order valence-corrected chi connectivity index (χ4v) is 2.60. The van der Waals surface area contributed by atoms with Crippen LogP contribution in [0.25, 0.3) is 0 Å². The lowest BCUT2D eigenvalue weighted by Gasteiger charge is -2.22. The van der Waals surface area contributed by atoms with Crippen LogP contribution < -0.4 is 11.1 Å². The van der Waals surface area contributed by atoms with E-state index in [0.29, 0.717) is 17.3 Å². The van der Waals surface area contributed by atoms with Crippen molar-refractivity contribution in [2.75, 3.05) is 11.1 Å². The standard InChI is InChI=1S/C15H21N3/c16-11-12-10-13(17)8-9-15(12)18-14-6-4-2-1-3-5-7-14/h8-10,14,18H,1-7,17H2. The van der Waals surface area contributed by atoms with Gasteiger partial charge in [0.25, 0.3) is 0 Å². The van der Waals surface area contributed by atoms with E-state index in [0.717, 1.165) is 5.69 Å². The van der Waals surface area contributed by atoms with Crippen LogP contribution in [0.3, 0.4) is 0 Å². The van der Waals surface area contributed by atoms with Crippen LogP contribution in [-0.2, 0) is 0 Å². The SMILES string of the molecule is N#Cc1cc(N)ccc1NC1CCCCCCC1. The summed E-state index contributed by atoms with van der Waals surface area (Å²) in [5, 5.41) is 12.6. The summed E-state index contributed by atoms with van der Waals surface area (Å²) in [5.41, 5.74) is 7.93. The lowest BCUT2D eigenvalue weighted by molar-refractivity contribution is 0.471. The number of nitrogens with one attached hydrogen (secondary N) is 1. The Balaban J connectivity index is 2.05. The Morgan fingerprint density at radius 3 is 2.44 bits per heavy atom. The minimum atomic E-state index is 0.501. The van der Waals surface area contributed by atoms with Crippen LogP contribution >= 0.6 is 0 Å². The minimum Gasteiger partial charge on any atom is -0.399 e. The monoisotopic (exact) mass is 243 g/mol. The van der Waals surface area contributed by atoms with Gasteiger partial charge < -0.3 is 11.1 Å². The maximum atomic E-state index is 9.13. The van der Waals surface area contributed by atoms with Gasteiger partial charge in [-0.25, -0.2) is 0 Å². The van der Waals surface area contributed by atoms with Crippen LogP contribution in [0.4, 0.5) is 11.4 Å². The van der Waals surface area contributed by atoms with Crippen molar-refractivity contribution >= 4 is 11.4 Å². The molecule has 0 heterocycles. The molecule has 3 heteroatoms. The molecule has 3 N–H and O–H groups in total. The smallest absolute Gasteiger partial charge is 0.101 e. The Bertz CT molecular complexity index is 426. The van der Waals surface area contributed by atoms with Gasteiger partial charge in [0, 0.05) is 11.7 Å². The number of anilines is 2. The zero-order valence-corrected chi connectivity index (χ0v) is 10.8. The van der Waals surface area contributed by atoms with Crippen molar-refractivity contribution in [3.63, 3.8) is 0 Å². The first-order chi connectivity index (χ1) is 8.79. The first kappa shape index (κ1) is 12.8. The number of nitriles is 1. The quantitative estimate of drug-likeness (QED) is 0.779. The van der Waals surface area contributed by atoms with Crippen molar-refractivity contribution in [3.05, 3.63) is 23.8 Å². The van der Waals surface area contributed by atoms with Gasteiger partial charge in [-0.3, -0.25) is 0 Å². The Morgan fingerprint density at radius 2 is 1.78 bits per heavy atom.